The number of hydrogen-bond donors (Lipinski definition) is 1. The summed E-state index contributed by atoms with van der Waals surface area (Å²) in [7, 11) is 0. The van der Waals surface area contributed by atoms with Gasteiger partial charge in [-0.1, -0.05) is 55.5 Å². The van der Waals surface area contributed by atoms with E-state index in [9.17, 15) is 0 Å². The smallest absolute Gasteiger partial charge is 0.0149 e. The summed E-state index contributed by atoms with van der Waals surface area (Å²) in [6.45, 7) is 2.19. The van der Waals surface area contributed by atoms with Gasteiger partial charge in [-0.3, -0.25) is 0 Å². The molecule has 2 atom stereocenters. The molecule has 0 fully saturated rings. The zero-order chi connectivity index (χ0) is 13.9. The van der Waals surface area contributed by atoms with Gasteiger partial charge in [0.05, 0.1) is 0 Å². The molecule has 104 valence electrons. The molecule has 0 aromatic heterocycles. The van der Waals surface area contributed by atoms with Crippen LogP contribution in [0.15, 0.2) is 48.5 Å². The summed E-state index contributed by atoms with van der Waals surface area (Å²) in [5, 5.41) is 0. The van der Waals surface area contributed by atoms with Crippen molar-refractivity contribution >= 4 is 0 Å². The van der Waals surface area contributed by atoms with Crippen LogP contribution in [-0.4, -0.2) is 6.04 Å². The Morgan fingerprint density at radius 3 is 2.50 bits per heavy atom. The van der Waals surface area contributed by atoms with E-state index >= 15 is 0 Å². The van der Waals surface area contributed by atoms with Crippen molar-refractivity contribution in [2.75, 3.05) is 0 Å². The summed E-state index contributed by atoms with van der Waals surface area (Å²) in [4.78, 5) is 0. The van der Waals surface area contributed by atoms with Gasteiger partial charge in [0.15, 0.2) is 0 Å². The predicted molar refractivity (Wildman–Crippen MR) is 85.0 cm³/mol. The van der Waals surface area contributed by atoms with Gasteiger partial charge >= 0.3 is 0 Å². The van der Waals surface area contributed by atoms with Gasteiger partial charge in [0, 0.05) is 6.04 Å². The topological polar surface area (TPSA) is 26.0 Å². The first-order chi connectivity index (χ1) is 9.78. The maximum atomic E-state index is 6.50. The molecule has 1 heteroatoms. The minimum absolute atomic E-state index is 0.228. The summed E-state index contributed by atoms with van der Waals surface area (Å²) in [5.41, 5.74) is 12.2. The quantitative estimate of drug-likeness (QED) is 0.893. The van der Waals surface area contributed by atoms with Gasteiger partial charge in [0.25, 0.3) is 0 Å². The fourth-order valence-electron chi connectivity index (χ4n) is 3.36. The first-order valence-electron chi connectivity index (χ1n) is 7.69. The van der Waals surface area contributed by atoms with E-state index in [-0.39, 0.29) is 6.04 Å². The first kappa shape index (κ1) is 13.4. The highest BCUT2D eigenvalue weighted by molar-refractivity contribution is 5.36. The van der Waals surface area contributed by atoms with Crippen molar-refractivity contribution in [3.8, 4) is 0 Å². The van der Waals surface area contributed by atoms with Crippen molar-refractivity contribution in [1.82, 2.24) is 0 Å². The van der Waals surface area contributed by atoms with Crippen molar-refractivity contribution in [2.24, 2.45) is 5.73 Å². The summed E-state index contributed by atoms with van der Waals surface area (Å²) < 4.78 is 0. The van der Waals surface area contributed by atoms with Crippen molar-refractivity contribution in [3.63, 3.8) is 0 Å². The average Bonchev–Trinajstić information content (AvgIpc) is 2.92. The number of benzene rings is 2. The van der Waals surface area contributed by atoms with Crippen LogP contribution in [0.4, 0.5) is 0 Å². The average molecular weight is 265 g/mol. The standard InChI is InChI=1S/C19H23N/c1-2-14-7-9-15(10-8-14)13-19(20)18-12-11-16-5-3-4-6-17(16)18/h3-10,18-19H,2,11-13,20H2,1H3. The molecule has 1 nitrogen and oxygen atoms in total. The molecule has 2 N–H and O–H groups in total. The summed E-state index contributed by atoms with van der Waals surface area (Å²) in [5.74, 6) is 0.525. The van der Waals surface area contributed by atoms with E-state index < -0.39 is 0 Å². The summed E-state index contributed by atoms with van der Waals surface area (Å²) >= 11 is 0. The molecule has 0 saturated heterocycles. The van der Waals surface area contributed by atoms with E-state index in [2.05, 4.69) is 55.5 Å². The normalized spacial score (nSPS) is 18.8. The lowest BCUT2D eigenvalue weighted by atomic mass is 9.89. The second-order valence-corrected chi connectivity index (χ2v) is 5.88. The highest BCUT2D eigenvalue weighted by Gasteiger charge is 2.27. The summed E-state index contributed by atoms with van der Waals surface area (Å²) in [6, 6.07) is 17.9. The fourth-order valence-corrected chi connectivity index (χ4v) is 3.36. The Morgan fingerprint density at radius 2 is 1.75 bits per heavy atom. The van der Waals surface area contributed by atoms with Gasteiger partial charge in [-0.15, -0.1) is 0 Å². The Morgan fingerprint density at radius 1 is 1.05 bits per heavy atom. The van der Waals surface area contributed by atoms with E-state index in [1.807, 2.05) is 0 Å². The highest BCUT2D eigenvalue weighted by atomic mass is 14.7. The SMILES string of the molecule is CCc1ccc(CC(N)C2CCc3ccccc32)cc1. The van der Waals surface area contributed by atoms with E-state index in [4.69, 9.17) is 5.73 Å². The molecule has 20 heavy (non-hydrogen) atoms. The number of hydrogen-bond acceptors (Lipinski definition) is 1. The molecule has 1 aliphatic rings. The molecule has 1 aliphatic carbocycles. The number of rotatable bonds is 4. The highest BCUT2D eigenvalue weighted by Crippen LogP contribution is 2.35. The molecular weight excluding hydrogens is 242 g/mol. The van der Waals surface area contributed by atoms with Crippen LogP contribution in [0, 0.1) is 0 Å². The van der Waals surface area contributed by atoms with Crippen molar-refractivity contribution in [3.05, 3.63) is 70.8 Å². The van der Waals surface area contributed by atoms with Gasteiger partial charge in [0.1, 0.15) is 0 Å². The Balaban J connectivity index is 1.72. The molecule has 0 aliphatic heterocycles. The molecular formula is C19H23N. The third-order valence-electron chi connectivity index (χ3n) is 4.60. The van der Waals surface area contributed by atoms with Crippen LogP contribution < -0.4 is 5.73 Å². The molecule has 0 heterocycles. The number of aryl methyl sites for hydroxylation is 2. The van der Waals surface area contributed by atoms with Crippen LogP contribution >= 0.6 is 0 Å². The van der Waals surface area contributed by atoms with E-state index in [0.29, 0.717) is 5.92 Å². The predicted octanol–water partition coefficient (Wildman–Crippen LogP) is 3.85. The maximum Gasteiger partial charge on any atom is 0.0149 e. The van der Waals surface area contributed by atoms with Crippen LogP contribution in [0.3, 0.4) is 0 Å². The lowest BCUT2D eigenvalue weighted by Gasteiger charge is -2.20. The van der Waals surface area contributed by atoms with Crippen LogP contribution in [-0.2, 0) is 19.3 Å². The largest absolute Gasteiger partial charge is 0.327 e. The van der Waals surface area contributed by atoms with Crippen LogP contribution in [0.1, 0.15) is 41.5 Å². The van der Waals surface area contributed by atoms with Gasteiger partial charge < -0.3 is 5.73 Å². The number of nitrogens with two attached hydrogens (primary N) is 1. The molecule has 0 spiro atoms. The molecule has 0 amide bonds. The second kappa shape index (κ2) is 5.80. The molecule has 2 unspecified atom stereocenters. The Hall–Kier alpha value is -1.60. The van der Waals surface area contributed by atoms with Crippen molar-refractivity contribution in [2.45, 2.75) is 44.6 Å². The van der Waals surface area contributed by atoms with Gasteiger partial charge in [-0.05, 0) is 53.9 Å². The monoisotopic (exact) mass is 265 g/mol. The van der Waals surface area contributed by atoms with Gasteiger partial charge in [-0.25, -0.2) is 0 Å². The maximum absolute atomic E-state index is 6.50. The van der Waals surface area contributed by atoms with E-state index in [1.165, 1.54) is 35.1 Å². The van der Waals surface area contributed by atoms with Gasteiger partial charge in [0.2, 0.25) is 0 Å². The van der Waals surface area contributed by atoms with Crippen LogP contribution in [0.25, 0.3) is 0 Å². The molecule has 3 rings (SSSR count). The van der Waals surface area contributed by atoms with E-state index in [0.717, 1.165) is 12.8 Å². The third-order valence-corrected chi connectivity index (χ3v) is 4.60. The van der Waals surface area contributed by atoms with Gasteiger partial charge in [-0.2, -0.15) is 0 Å². The van der Waals surface area contributed by atoms with Crippen LogP contribution in [0.2, 0.25) is 0 Å². The molecule has 2 aromatic carbocycles. The van der Waals surface area contributed by atoms with Crippen molar-refractivity contribution in [1.29, 1.82) is 0 Å². The number of fused-ring (bicyclic) bond motifs is 1. The summed E-state index contributed by atoms with van der Waals surface area (Å²) in [6.07, 6.45) is 4.46. The molecule has 0 radical (unpaired) electrons. The third kappa shape index (κ3) is 2.64. The lowest BCUT2D eigenvalue weighted by molar-refractivity contribution is 0.525. The Labute approximate surface area is 121 Å². The zero-order valence-electron chi connectivity index (χ0n) is 12.2. The minimum Gasteiger partial charge on any atom is -0.327 e. The fraction of sp³-hybridized carbons (Fsp3) is 0.368. The molecule has 0 saturated carbocycles. The molecule has 2 aromatic rings. The Bertz CT molecular complexity index is 571. The van der Waals surface area contributed by atoms with E-state index in [1.54, 1.807) is 0 Å². The zero-order valence-corrected chi connectivity index (χ0v) is 12.2. The van der Waals surface area contributed by atoms with Crippen LogP contribution in [0.5, 0.6) is 0 Å². The van der Waals surface area contributed by atoms with Crippen molar-refractivity contribution < 1.29 is 0 Å². The Kier molecular flexibility index (Phi) is 3.88. The minimum atomic E-state index is 0.228. The lowest BCUT2D eigenvalue weighted by Crippen LogP contribution is -2.29. The molecule has 0 bridgehead atoms. The first-order valence-corrected chi connectivity index (χ1v) is 7.69. The second-order valence-electron chi connectivity index (χ2n) is 5.88.